The van der Waals surface area contributed by atoms with Gasteiger partial charge in [-0.25, -0.2) is 8.42 Å². The average Bonchev–Trinajstić information content (AvgIpc) is 2.17. The molecule has 0 aliphatic heterocycles. The molecule has 0 saturated heterocycles. The molecule has 0 aromatic heterocycles. The summed E-state index contributed by atoms with van der Waals surface area (Å²) in [5, 5.41) is 0.424. The summed E-state index contributed by atoms with van der Waals surface area (Å²) in [5.41, 5.74) is 5.80. The van der Waals surface area contributed by atoms with E-state index in [0.29, 0.717) is 18.1 Å². The third-order valence-corrected chi connectivity index (χ3v) is 4.17. The van der Waals surface area contributed by atoms with Crippen LogP contribution in [0.25, 0.3) is 0 Å². The summed E-state index contributed by atoms with van der Waals surface area (Å²) >= 11 is 5.70. The third-order valence-electron chi connectivity index (χ3n) is 2.07. The van der Waals surface area contributed by atoms with Gasteiger partial charge in [0.15, 0.2) is 9.84 Å². The molecule has 2 N–H and O–H groups in total. The second kappa shape index (κ2) is 5.52. The van der Waals surface area contributed by atoms with Gasteiger partial charge in [0.05, 0.1) is 16.3 Å². The molecule has 0 atom stereocenters. The van der Waals surface area contributed by atoms with Crippen molar-refractivity contribution in [2.45, 2.75) is 11.3 Å². The Balaban J connectivity index is 2.90. The Kier molecular flexibility index (Phi) is 4.58. The van der Waals surface area contributed by atoms with E-state index in [2.05, 4.69) is 0 Å². The summed E-state index contributed by atoms with van der Waals surface area (Å²) < 4.78 is 28.5. The number of methoxy groups -OCH3 is 1. The lowest BCUT2D eigenvalue weighted by Crippen LogP contribution is -2.11. The fourth-order valence-corrected chi connectivity index (χ4v) is 2.90. The van der Waals surface area contributed by atoms with E-state index in [-0.39, 0.29) is 16.3 Å². The molecule has 1 rings (SSSR count). The number of ether oxygens (including phenoxy) is 1. The van der Waals surface area contributed by atoms with Crippen molar-refractivity contribution in [3.8, 4) is 0 Å². The van der Waals surface area contributed by atoms with Gasteiger partial charge < -0.3 is 10.5 Å². The van der Waals surface area contributed by atoms with Crippen molar-refractivity contribution in [1.29, 1.82) is 0 Å². The van der Waals surface area contributed by atoms with Crippen LogP contribution < -0.4 is 5.73 Å². The Morgan fingerprint density at radius 1 is 1.44 bits per heavy atom. The van der Waals surface area contributed by atoms with Crippen LogP contribution >= 0.6 is 11.6 Å². The maximum Gasteiger partial charge on any atom is 0.180 e. The van der Waals surface area contributed by atoms with Crippen molar-refractivity contribution < 1.29 is 13.2 Å². The predicted molar refractivity (Wildman–Crippen MR) is 64.4 cm³/mol. The SMILES string of the molecule is COCCCS(=O)(=O)c1ccc(Cl)cc1N. The topological polar surface area (TPSA) is 69.4 Å². The van der Waals surface area contributed by atoms with Crippen LogP contribution in [0.4, 0.5) is 5.69 Å². The van der Waals surface area contributed by atoms with Gasteiger partial charge in [0.25, 0.3) is 0 Å². The zero-order chi connectivity index (χ0) is 12.2. The van der Waals surface area contributed by atoms with Crippen LogP contribution in [0.3, 0.4) is 0 Å². The number of hydrogen-bond donors (Lipinski definition) is 1. The van der Waals surface area contributed by atoms with Crippen LogP contribution in [-0.2, 0) is 14.6 Å². The molecule has 90 valence electrons. The van der Waals surface area contributed by atoms with Crippen LogP contribution in [0, 0.1) is 0 Å². The van der Waals surface area contributed by atoms with Crippen molar-refractivity contribution in [2.75, 3.05) is 25.2 Å². The van der Waals surface area contributed by atoms with Crippen molar-refractivity contribution in [3.05, 3.63) is 23.2 Å². The molecule has 0 aliphatic rings. The maximum atomic E-state index is 11.9. The second-order valence-electron chi connectivity index (χ2n) is 3.35. The summed E-state index contributed by atoms with van der Waals surface area (Å²) in [6.07, 6.45) is 0.445. The minimum absolute atomic E-state index is 0.0205. The fourth-order valence-electron chi connectivity index (χ4n) is 1.31. The van der Waals surface area contributed by atoms with E-state index < -0.39 is 9.84 Å². The number of anilines is 1. The number of benzene rings is 1. The molecular weight excluding hydrogens is 250 g/mol. The smallest absolute Gasteiger partial charge is 0.180 e. The highest BCUT2D eigenvalue weighted by molar-refractivity contribution is 7.91. The predicted octanol–water partition coefficient (Wildman–Crippen LogP) is 1.73. The van der Waals surface area contributed by atoms with Crippen molar-refractivity contribution in [3.63, 3.8) is 0 Å². The van der Waals surface area contributed by atoms with E-state index in [1.54, 1.807) is 0 Å². The first-order chi connectivity index (χ1) is 7.47. The van der Waals surface area contributed by atoms with Crippen molar-refractivity contribution >= 4 is 27.1 Å². The number of nitrogen functional groups attached to an aromatic ring is 1. The van der Waals surface area contributed by atoms with Gasteiger partial charge in [-0.1, -0.05) is 11.6 Å². The summed E-state index contributed by atoms with van der Waals surface area (Å²) in [6, 6.07) is 4.38. The lowest BCUT2D eigenvalue weighted by molar-refractivity contribution is 0.199. The van der Waals surface area contributed by atoms with E-state index in [0.717, 1.165) is 0 Å². The Morgan fingerprint density at radius 2 is 2.12 bits per heavy atom. The molecule has 0 amide bonds. The molecule has 0 saturated carbocycles. The number of sulfone groups is 1. The summed E-state index contributed by atoms with van der Waals surface area (Å²) in [6.45, 7) is 0.409. The van der Waals surface area contributed by atoms with E-state index >= 15 is 0 Å². The largest absolute Gasteiger partial charge is 0.398 e. The molecule has 1 aromatic rings. The summed E-state index contributed by atoms with van der Waals surface area (Å²) in [5.74, 6) is 0.0205. The molecule has 0 aliphatic carbocycles. The fraction of sp³-hybridized carbons (Fsp3) is 0.400. The molecule has 0 radical (unpaired) electrons. The molecule has 0 spiro atoms. The van der Waals surface area contributed by atoms with E-state index in [9.17, 15) is 8.42 Å². The first-order valence-electron chi connectivity index (χ1n) is 4.74. The van der Waals surface area contributed by atoms with Gasteiger partial charge in [-0.05, 0) is 24.6 Å². The van der Waals surface area contributed by atoms with Gasteiger partial charge in [-0.2, -0.15) is 0 Å². The summed E-state index contributed by atoms with van der Waals surface area (Å²) in [4.78, 5) is 0.132. The molecule has 6 heteroatoms. The lowest BCUT2D eigenvalue weighted by Gasteiger charge is -2.07. The Morgan fingerprint density at radius 3 is 2.69 bits per heavy atom. The zero-order valence-electron chi connectivity index (χ0n) is 8.94. The van der Waals surface area contributed by atoms with Gasteiger partial charge in [0.2, 0.25) is 0 Å². The zero-order valence-corrected chi connectivity index (χ0v) is 10.5. The van der Waals surface area contributed by atoms with Crippen molar-refractivity contribution in [1.82, 2.24) is 0 Å². The number of rotatable bonds is 5. The number of halogens is 1. The average molecular weight is 264 g/mol. The monoisotopic (exact) mass is 263 g/mol. The molecular formula is C10H14ClNO3S. The standard InChI is InChI=1S/C10H14ClNO3S/c1-15-5-2-6-16(13,14)10-4-3-8(11)7-9(10)12/h3-4,7H,2,5-6,12H2,1H3. The van der Waals surface area contributed by atoms with Crippen LogP contribution in [0.1, 0.15) is 6.42 Å². The van der Waals surface area contributed by atoms with E-state index in [1.165, 1.54) is 25.3 Å². The van der Waals surface area contributed by atoms with Gasteiger partial charge >= 0.3 is 0 Å². The maximum absolute atomic E-state index is 11.9. The van der Waals surface area contributed by atoms with E-state index in [1.807, 2.05) is 0 Å². The Hall–Kier alpha value is -0.780. The molecule has 1 aromatic carbocycles. The molecule has 16 heavy (non-hydrogen) atoms. The highest BCUT2D eigenvalue weighted by Gasteiger charge is 2.17. The number of hydrogen-bond acceptors (Lipinski definition) is 4. The van der Waals surface area contributed by atoms with Crippen LogP contribution in [0.5, 0.6) is 0 Å². The molecule has 0 bridgehead atoms. The van der Waals surface area contributed by atoms with Gasteiger partial charge in [0.1, 0.15) is 0 Å². The Bertz CT molecular complexity index is 459. The van der Waals surface area contributed by atoms with Gasteiger partial charge in [0, 0.05) is 18.7 Å². The van der Waals surface area contributed by atoms with Gasteiger partial charge in [-0.3, -0.25) is 0 Å². The Labute approximate surface area is 100 Å². The first kappa shape index (κ1) is 13.3. The second-order valence-corrected chi connectivity index (χ2v) is 5.86. The highest BCUT2D eigenvalue weighted by atomic mass is 35.5. The van der Waals surface area contributed by atoms with Crippen LogP contribution in [-0.4, -0.2) is 27.9 Å². The normalized spacial score (nSPS) is 11.6. The minimum Gasteiger partial charge on any atom is -0.398 e. The molecule has 0 unspecified atom stereocenters. The third kappa shape index (κ3) is 3.37. The first-order valence-corrected chi connectivity index (χ1v) is 6.77. The molecule has 0 fully saturated rings. The minimum atomic E-state index is -3.34. The van der Waals surface area contributed by atoms with Gasteiger partial charge in [-0.15, -0.1) is 0 Å². The van der Waals surface area contributed by atoms with Crippen LogP contribution in [0.15, 0.2) is 23.1 Å². The van der Waals surface area contributed by atoms with Crippen LogP contribution in [0.2, 0.25) is 5.02 Å². The number of nitrogens with two attached hydrogens (primary N) is 1. The highest BCUT2D eigenvalue weighted by Crippen LogP contribution is 2.23. The molecule has 0 heterocycles. The van der Waals surface area contributed by atoms with Crippen molar-refractivity contribution in [2.24, 2.45) is 0 Å². The molecule has 4 nitrogen and oxygen atoms in total. The summed E-state index contributed by atoms with van der Waals surface area (Å²) in [7, 11) is -1.81. The quantitative estimate of drug-likeness (QED) is 0.649. The van der Waals surface area contributed by atoms with E-state index in [4.69, 9.17) is 22.1 Å². The lowest BCUT2D eigenvalue weighted by atomic mass is 10.3.